The van der Waals surface area contributed by atoms with E-state index < -0.39 is 26.1 Å². The highest BCUT2D eigenvalue weighted by Crippen LogP contribution is 2.56. The van der Waals surface area contributed by atoms with Crippen molar-refractivity contribution in [3.05, 3.63) is 28.9 Å². The van der Waals surface area contributed by atoms with Crippen LogP contribution < -0.4 is 5.32 Å². The maximum Gasteiger partial charge on any atom is 0.260 e. The smallest absolute Gasteiger partial charge is 0.260 e. The first kappa shape index (κ1) is 22.8. The summed E-state index contributed by atoms with van der Waals surface area (Å²) in [7, 11) is -3.72. The Bertz CT molecular complexity index is 1270. The summed E-state index contributed by atoms with van der Waals surface area (Å²) < 4.78 is 31.2. The number of nitrogens with one attached hydrogen (secondary N) is 1. The molecule has 0 radical (unpaired) electrons. The lowest BCUT2D eigenvalue weighted by atomic mass is 9.77. The largest absolute Gasteiger partial charge is 0.394 e. The van der Waals surface area contributed by atoms with Crippen LogP contribution in [0.2, 0.25) is 5.02 Å². The maximum atomic E-state index is 13.6. The van der Waals surface area contributed by atoms with Gasteiger partial charge in [0.25, 0.3) is 5.95 Å². The van der Waals surface area contributed by atoms with Crippen molar-refractivity contribution in [2.24, 2.45) is 4.36 Å². The van der Waals surface area contributed by atoms with Gasteiger partial charge < -0.3 is 10.4 Å². The van der Waals surface area contributed by atoms with Crippen molar-refractivity contribution in [2.45, 2.75) is 66.7 Å². The molecular weight excluding hydrogens is 496 g/mol. The minimum absolute atomic E-state index is 0.0130. The molecule has 9 nitrogen and oxygen atoms in total. The zero-order chi connectivity index (χ0) is 23.6. The topological polar surface area (TPSA) is 130 Å². The van der Waals surface area contributed by atoms with E-state index in [4.69, 9.17) is 16.6 Å². The Morgan fingerprint density at radius 1 is 1.18 bits per heavy atom. The second-order valence-electron chi connectivity index (χ2n) is 10.0. The van der Waals surface area contributed by atoms with E-state index in [0.717, 1.165) is 43.6 Å². The number of aromatic nitrogens is 4. The molecule has 34 heavy (non-hydrogen) atoms. The van der Waals surface area contributed by atoms with E-state index in [-0.39, 0.29) is 23.9 Å². The normalized spacial score (nSPS) is 30.4. The molecule has 0 amide bonds. The molecule has 0 bridgehead atoms. The van der Waals surface area contributed by atoms with Crippen LogP contribution in [-0.4, -0.2) is 62.9 Å². The molecule has 2 saturated carbocycles. The number of fused-ring (bicyclic) bond motifs is 2. The highest BCUT2D eigenvalue weighted by molar-refractivity contribution is 7.93. The number of aliphatic hydroxyl groups excluding tert-OH is 1. The maximum absolute atomic E-state index is 13.6. The molecule has 2 aromatic heterocycles. The molecule has 1 spiro atoms. The Hall–Kier alpha value is -1.69. The van der Waals surface area contributed by atoms with Crippen LogP contribution >= 0.6 is 11.6 Å². The van der Waals surface area contributed by atoms with Gasteiger partial charge in [-0.25, -0.2) is 19.2 Å². The van der Waals surface area contributed by atoms with Crippen molar-refractivity contribution in [3.63, 3.8) is 0 Å². The molecule has 0 aromatic carbocycles. The Kier molecular flexibility index (Phi) is 5.47. The lowest BCUT2D eigenvalue weighted by Gasteiger charge is -2.41. The number of anilines is 1. The molecule has 2 aliphatic heterocycles. The Balaban J connectivity index is 1.32. The molecule has 12 heteroatoms. The number of nitrogens with zero attached hydrogens (tertiary/aromatic N) is 5. The Labute approximate surface area is 206 Å². The van der Waals surface area contributed by atoms with Crippen molar-refractivity contribution >= 4 is 43.9 Å². The molecule has 1 saturated heterocycles. The van der Waals surface area contributed by atoms with E-state index in [1.165, 1.54) is 0 Å². The van der Waals surface area contributed by atoms with Crippen molar-refractivity contribution in [1.82, 2.24) is 19.9 Å². The number of halogens is 1. The molecule has 4 heterocycles. The van der Waals surface area contributed by atoms with Gasteiger partial charge in [0.15, 0.2) is 0 Å². The van der Waals surface area contributed by atoms with Crippen molar-refractivity contribution in [1.29, 1.82) is 0 Å². The third-order valence-corrected chi connectivity index (χ3v) is 11.8. The molecular formula is C22H27ClN6O3S2. The average Bonchev–Trinajstić information content (AvgIpc) is 3.51. The van der Waals surface area contributed by atoms with Gasteiger partial charge in [-0.15, -0.1) is 0 Å². The van der Waals surface area contributed by atoms with Gasteiger partial charge in [-0.05, 0) is 44.9 Å². The molecule has 3 fully saturated rings. The first-order chi connectivity index (χ1) is 16.3. The summed E-state index contributed by atoms with van der Waals surface area (Å²) in [5.74, 6) is 2.93. The standard InChI is InChI=1S/C22H27ClN6O3S2/c23-15-10-24-18(25-11-15)14-2-8-34(32,9-3-14)29-20-26-17-16(33(31)13-21(17)6-7-21)19(27-20)28-22(12-30)4-1-5-22/h10-11,14,30H,1-9,12-13H2,(H,26,27,28). The second-order valence-corrected chi connectivity index (χ2v) is 14.4. The predicted molar refractivity (Wildman–Crippen MR) is 130 cm³/mol. The molecule has 1 atom stereocenters. The lowest BCUT2D eigenvalue weighted by molar-refractivity contribution is 0.143. The summed E-state index contributed by atoms with van der Waals surface area (Å²) >= 11 is 5.90. The van der Waals surface area contributed by atoms with E-state index in [2.05, 4.69) is 24.6 Å². The highest BCUT2D eigenvalue weighted by atomic mass is 35.5. The predicted octanol–water partition coefficient (Wildman–Crippen LogP) is 3.08. The Morgan fingerprint density at radius 3 is 2.47 bits per heavy atom. The van der Waals surface area contributed by atoms with Crippen LogP contribution in [0.1, 0.15) is 62.4 Å². The summed E-state index contributed by atoms with van der Waals surface area (Å²) in [4.78, 5) is 18.6. The fourth-order valence-electron chi connectivity index (χ4n) is 5.17. The first-order valence-corrected chi connectivity index (χ1v) is 15.3. The third-order valence-electron chi connectivity index (χ3n) is 7.67. The van der Waals surface area contributed by atoms with Crippen molar-refractivity contribution in [3.8, 4) is 0 Å². The highest BCUT2D eigenvalue weighted by Gasteiger charge is 2.55. The third kappa shape index (κ3) is 3.94. The Morgan fingerprint density at radius 2 is 1.88 bits per heavy atom. The van der Waals surface area contributed by atoms with Crippen LogP contribution in [0.5, 0.6) is 0 Å². The first-order valence-electron chi connectivity index (χ1n) is 11.7. The monoisotopic (exact) mass is 522 g/mol. The SMILES string of the molecule is O=S1CC2(CC2)c2nc(N=S3(=O)CCC(c4ncc(Cl)cn4)CC3)nc(NC3(CO)CCC3)c21. The second kappa shape index (κ2) is 8.18. The van der Waals surface area contributed by atoms with Gasteiger partial charge in [0.1, 0.15) is 16.5 Å². The molecule has 2 N–H and O–H groups in total. The van der Waals surface area contributed by atoms with Gasteiger partial charge in [-0.3, -0.25) is 4.21 Å². The quantitative estimate of drug-likeness (QED) is 0.612. The summed E-state index contributed by atoms with van der Waals surface area (Å²) in [6.45, 7) is -0.0130. The van der Waals surface area contributed by atoms with Gasteiger partial charge in [0, 0.05) is 41.0 Å². The van der Waals surface area contributed by atoms with E-state index in [1.807, 2.05) is 0 Å². The fourth-order valence-corrected chi connectivity index (χ4v) is 9.20. The number of aliphatic hydroxyl groups is 1. The average molecular weight is 523 g/mol. The van der Waals surface area contributed by atoms with E-state index in [1.54, 1.807) is 12.4 Å². The minimum Gasteiger partial charge on any atom is -0.394 e. The molecule has 6 rings (SSSR count). The number of hydrogen-bond donors (Lipinski definition) is 2. The van der Waals surface area contributed by atoms with Crippen LogP contribution in [0.25, 0.3) is 0 Å². The van der Waals surface area contributed by atoms with Gasteiger partial charge in [-0.1, -0.05) is 11.6 Å². The van der Waals surface area contributed by atoms with Gasteiger partial charge in [0.05, 0.1) is 43.4 Å². The summed E-state index contributed by atoms with van der Waals surface area (Å²) in [5.41, 5.74) is 0.188. The molecule has 182 valence electrons. The van der Waals surface area contributed by atoms with Crippen molar-refractivity contribution < 1.29 is 13.5 Å². The lowest BCUT2D eigenvalue weighted by Crippen LogP contribution is -2.48. The van der Waals surface area contributed by atoms with Gasteiger partial charge in [0.2, 0.25) is 0 Å². The van der Waals surface area contributed by atoms with Crippen LogP contribution in [0.4, 0.5) is 11.8 Å². The summed E-state index contributed by atoms with van der Waals surface area (Å²) in [6, 6.07) is 0. The molecule has 2 aliphatic carbocycles. The van der Waals surface area contributed by atoms with Gasteiger partial charge >= 0.3 is 0 Å². The van der Waals surface area contributed by atoms with E-state index in [0.29, 0.717) is 45.8 Å². The number of rotatable bonds is 5. The van der Waals surface area contributed by atoms with E-state index >= 15 is 0 Å². The number of hydrogen-bond acceptors (Lipinski definition) is 9. The zero-order valence-corrected chi connectivity index (χ0v) is 21.1. The zero-order valence-electron chi connectivity index (χ0n) is 18.7. The minimum atomic E-state index is -2.53. The van der Waals surface area contributed by atoms with Gasteiger partial charge in [-0.2, -0.15) is 9.35 Å². The summed E-state index contributed by atoms with van der Waals surface area (Å²) in [6.07, 6.45) is 9.10. The van der Waals surface area contributed by atoms with Crippen LogP contribution in [0.3, 0.4) is 0 Å². The molecule has 2 aromatic rings. The van der Waals surface area contributed by atoms with E-state index in [9.17, 15) is 13.5 Å². The van der Waals surface area contributed by atoms with Crippen molar-refractivity contribution in [2.75, 3.05) is 29.2 Å². The molecule has 1 unspecified atom stereocenters. The van der Waals surface area contributed by atoms with Crippen LogP contribution in [-0.2, 0) is 25.9 Å². The fraction of sp³-hybridized carbons (Fsp3) is 0.636. The summed E-state index contributed by atoms with van der Waals surface area (Å²) in [5, 5.41) is 13.8. The molecule has 4 aliphatic rings. The van der Waals surface area contributed by atoms with Crippen LogP contribution in [0.15, 0.2) is 21.7 Å². The van der Waals surface area contributed by atoms with Crippen LogP contribution in [0, 0.1) is 0 Å².